The molecule has 0 bridgehead atoms. The molecule has 7 heteroatoms. The lowest BCUT2D eigenvalue weighted by Gasteiger charge is -2.19. The molecule has 0 saturated carbocycles. The number of benzene rings is 3. The van der Waals surface area contributed by atoms with Crippen LogP contribution in [0.5, 0.6) is 0 Å². The summed E-state index contributed by atoms with van der Waals surface area (Å²) in [5.41, 5.74) is 4.68. The zero-order chi connectivity index (χ0) is 22.2. The van der Waals surface area contributed by atoms with Crippen LogP contribution >= 0.6 is 0 Å². The van der Waals surface area contributed by atoms with Gasteiger partial charge in [-0.25, -0.2) is 9.69 Å². The van der Waals surface area contributed by atoms with Crippen LogP contribution in [-0.2, 0) is 20.9 Å². The summed E-state index contributed by atoms with van der Waals surface area (Å²) in [7, 11) is 0. The van der Waals surface area contributed by atoms with Crippen molar-refractivity contribution >= 4 is 23.8 Å². The first-order valence-electron chi connectivity index (χ1n) is 10.2. The lowest BCUT2D eigenvalue weighted by atomic mass is 10.1. The van der Waals surface area contributed by atoms with Gasteiger partial charge < -0.3 is 5.32 Å². The maximum atomic E-state index is 12.9. The monoisotopic (exact) mass is 425 g/mol. The number of fused-ring (bicyclic) bond motifs is 3. The van der Waals surface area contributed by atoms with E-state index in [-0.39, 0.29) is 12.6 Å². The highest BCUT2D eigenvalue weighted by Crippen LogP contribution is 2.42. The summed E-state index contributed by atoms with van der Waals surface area (Å²) < 4.78 is 0. The van der Waals surface area contributed by atoms with Gasteiger partial charge in [0.15, 0.2) is 0 Å². The number of imide groups is 2. The average Bonchev–Trinajstić information content (AvgIpc) is 3.23. The highest BCUT2D eigenvalue weighted by Gasteiger charge is 2.45. The highest BCUT2D eigenvalue weighted by molar-refractivity contribution is 6.44. The Hall–Kier alpha value is -4.26. The van der Waals surface area contributed by atoms with Crippen LogP contribution in [0.1, 0.15) is 22.7 Å². The second-order valence-electron chi connectivity index (χ2n) is 7.73. The molecule has 1 aliphatic heterocycles. The predicted octanol–water partition coefficient (Wildman–Crippen LogP) is 2.86. The first kappa shape index (κ1) is 19.7. The largest absolute Gasteiger partial charge is 0.344 e. The third kappa shape index (κ3) is 3.24. The van der Waals surface area contributed by atoms with Gasteiger partial charge in [0.2, 0.25) is 5.91 Å². The molecule has 158 valence electrons. The van der Waals surface area contributed by atoms with Crippen LogP contribution in [0.2, 0.25) is 0 Å². The lowest BCUT2D eigenvalue weighted by molar-refractivity contribution is -0.144. The maximum Gasteiger partial charge on any atom is 0.335 e. The van der Waals surface area contributed by atoms with E-state index in [1.54, 1.807) is 24.3 Å². The molecule has 1 heterocycles. The van der Waals surface area contributed by atoms with Gasteiger partial charge in [0, 0.05) is 0 Å². The Morgan fingerprint density at radius 2 is 1.25 bits per heavy atom. The van der Waals surface area contributed by atoms with Crippen LogP contribution in [0.4, 0.5) is 4.79 Å². The number of carbonyl (C=O) groups is 4. The van der Waals surface area contributed by atoms with Crippen molar-refractivity contribution in [1.29, 1.82) is 0 Å². The molecule has 2 aliphatic rings. The van der Waals surface area contributed by atoms with E-state index in [9.17, 15) is 19.2 Å². The molecule has 32 heavy (non-hydrogen) atoms. The molecule has 5 rings (SSSR count). The summed E-state index contributed by atoms with van der Waals surface area (Å²) in [6.07, 6.45) is 0. The highest BCUT2D eigenvalue weighted by atomic mass is 16.2. The number of hydrogen-bond acceptors (Lipinski definition) is 4. The molecule has 0 unspecified atom stereocenters. The van der Waals surface area contributed by atoms with E-state index in [2.05, 4.69) is 5.32 Å². The van der Waals surface area contributed by atoms with E-state index >= 15 is 0 Å². The zero-order valence-electron chi connectivity index (χ0n) is 17.0. The molecule has 3 aromatic carbocycles. The SMILES string of the molecule is O=C(CN1C(=O)C(=O)N(Cc2ccccc2)C1=O)NC1c2ccccc2-c2ccccc21. The molecule has 5 amide bonds. The van der Waals surface area contributed by atoms with Crippen LogP contribution in [0.25, 0.3) is 11.1 Å². The third-order valence-corrected chi connectivity index (χ3v) is 5.76. The fraction of sp³-hybridized carbons (Fsp3) is 0.120. The molecule has 0 radical (unpaired) electrons. The minimum atomic E-state index is -0.992. The molecule has 0 spiro atoms. The van der Waals surface area contributed by atoms with E-state index in [4.69, 9.17) is 0 Å². The van der Waals surface area contributed by atoms with Gasteiger partial charge in [-0.05, 0) is 27.8 Å². The number of nitrogens with zero attached hydrogens (tertiary/aromatic N) is 2. The van der Waals surface area contributed by atoms with Crippen LogP contribution in [-0.4, -0.2) is 40.1 Å². The van der Waals surface area contributed by atoms with E-state index in [1.807, 2.05) is 54.6 Å². The lowest BCUT2D eigenvalue weighted by Crippen LogP contribution is -2.42. The summed E-state index contributed by atoms with van der Waals surface area (Å²) in [6, 6.07) is 23.3. The molecule has 1 saturated heterocycles. The molecular formula is C25H19N3O4. The molecule has 1 fully saturated rings. The van der Waals surface area contributed by atoms with E-state index in [0.717, 1.165) is 27.2 Å². The van der Waals surface area contributed by atoms with Gasteiger partial charge in [0.25, 0.3) is 0 Å². The zero-order valence-corrected chi connectivity index (χ0v) is 17.0. The molecule has 0 atom stereocenters. The Morgan fingerprint density at radius 3 is 1.88 bits per heavy atom. The van der Waals surface area contributed by atoms with Gasteiger partial charge in [-0.15, -0.1) is 0 Å². The molecular weight excluding hydrogens is 406 g/mol. The van der Waals surface area contributed by atoms with E-state index in [0.29, 0.717) is 10.5 Å². The van der Waals surface area contributed by atoms with Gasteiger partial charge in [0.05, 0.1) is 12.6 Å². The number of carbonyl (C=O) groups excluding carboxylic acids is 4. The van der Waals surface area contributed by atoms with E-state index in [1.165, 1.54) is 0 Å². The quantitative estimate of drug-likeness (QED) is 0.503. The number of urea groups is 1. The number of amides is 5. The normalized spacial score (nSPS) is 15.2. The molecule has 1 N–H and O–H groups in total. The van der Waals surface area contributed by atoms with Gasteiger partial charge >= 0.3 is 17.8 Å². The number of rotatable bonds is 5. The van der Waals surface area contributed by atoms with Crippen LogP contribution in [0, 0.1) is 0 Å². The first-order valence-corrected chi connectivity index (χ1v) is 10.2. The predicted molar refractivity (Wildman–Crippen MR) is 116 cm³/mol. The summed E-state index contributed by atoms with van der Waals surface area (Å²) in [5, 5.41) is 2.92. The second kappa shape index (κ2) is 7.77. The van der Waals surface area contributed by atoms with Crippen molar-refractivity contribution in [2.24, 2.45) is 0 Å². The van der Waals surface area contributed by atoms with Gasteiger partial charge in [0.1, 0.15) is 6.54 Å². The van der Waals surface area contributed by atoms with Crippen molar-refractivity contribution in [2.45, 2.75) is 12.6 Å². The van der Waals surface area contributed by atoms with Crippen molar-refractivity contribution in [2.75, 3.05) is 6.54 Å². The Kier molecular flexibility index (Phi) is 4.78. The van der Waals surface area contributed by atoms with Crippen molar-refractivity contribution in [1.82, 2.24) is 15.1 Å². The smallest absolute Gasteiger partial charge is 0.335 e. The summed E-state index contributed by atoms with van der Waals surface area (Å²) in [6.45, 7) is -0.540. The molecule has 0 aromatic heterocycles. The third-order valence-electron chi connectivity index (χ3n) is 5.76. The first-order chi connectivity index (χ1) is 15.5. The number of nitrogens with one attached hydrogen (secondary N) is 1. The van der Waals surface area contributed by atoms with Gasteiger partial charge in [-0.1, -0.05) is 78.9 Å². The molecule has 7 nitrogen and oxygen atoms in total. The topological polar surface area (TPSA) is 86.8 Å². The van der Waals surface area contributed by atoms with Gasteiger partial charge in [-0.2, -0.15) is 0 Å². The minimum Gasteiger partial charge on any atom is -0.344 e. The second-order valence-corrected chi connectivity index (χ2v) is 7.73. The molecule has 1 aliphatic carbocycles. The van der Waals surface area contributed by atoms with Crippen molar-refractivity contribution in [3.63, 3.8) is 0 Å². The van der Waals surface area contributed by atoms with Gasteiger partial charge in [-0.3, -0.25) is 19.3 Å². The Labute approximate surface area is 184 Å². The van der Waals surface area contributed by atoms with Crippen LogP contribution < -0.4 is 5.32 Å². The summed E-state index contributed by atoms with van der Waals surface area (Å²) >= 11 is 0. The van der Waals surface area contributed by atoms with Crippen LogP contribution in [0.3, 0.4) is 0 Å². The standard InChI is InChI=1S/C25H19N3O4/c29-21(26-22-19-12-6-4-10-17(19)18-11-5-7-13-20(18)22)15-28-24(31)23(30)27(25(28)32)14-16-8-2-1-3-9-16/h1-13,22H,14-15H2,(H,26,29). The maximum absolute atomic E-state index is 12.9. The van der Waals surface area contributed by atoms with Crippen molar-refractivity contribution in [3.05, 3.63) is 95.6 Å². The fourth-order valence-electron chi connectivity index (χ4n) is 4.26. The van der Waals surface area contributed by atoms with Crippen LogP contribution in [0.15, 0.2) is 78.9 Å². The van der Waals surface area contributed by atoms with Crippen molar-refractivity contribution in [3.8, 4) is 11.1 Å². The number of hydrogen-bond donors (Lipinski definition) is 1. The Balaban J connectivity index is 1.33. The Morgan fingerprint density at radius 1 is 0.719 bits per heavy atom. The Bertz CT molecular complexity index is 1210. The summed E-state index contributed by atoms with van der Waals surface area (Å²) in [4.78, 5) is 51.9. The minimum absolute atomic E-state index is 0.0221. The summed E-state index contributed by atoms with van der Waals surface area (Å²) in [5.74, 6) is -2.44. The fourth-order valence-corrected chi connectivity index (χ4v) is 4.26. The van der Waals surface area contributed by atoms with E-state index < -0.39 is 30.3 Å². The average molecular weight is 425 g/mol. The van der Waals surface area contributed by atoms with Crippen molar-refractivity contribution < 1.29 is 19.2 Å². The molecule has 3 aromatic rings.